The van der Waals surface area contributed by atoms with Gasteiger partial charge in [-0.1, -0.05) is 32.0 Å². The lowest BCUT2D eigenvalue weighted by atomic mass is 10.1. The van der Waals surface area contributed by atoms with Gasteiger partial charge in [0.2, 0.25) is 0 Å². The highest BCUT2D eigenvalue weighted by Crippen LogP contribution is 2.20. The molecule has 1 atom stereocenters. The summed E-state index contributed by atoms with van der Waals surface area (Å²) in [4.78, 5) is 0. The van der Waals surface area contributed by atoms with Crippen LogP contribution in [0.5, 0.6) is 0 Å². The second-order valence-electron chi connectivity index (χ2n) is 4.69. The summed E-state index contributed by atoms with van der Waals surface area (Å²) < 4.78 is 1.91. The molecule has 0 aliphatic rings. The van der Waals surface area contributed by atoms with Crippen LogP contribution in [0.25, 0.3) is 5.69 Å². The van der Waals surface area contributed by atoms with Crippen LogP contribution in [0.2, 0.25) is 0 Å². The average molecular weight is 229 g/mol. The molecule has 0 spiro atoms. The summed E-state index contributed by atoms with van der Waals surface area (Å²) in [6, 6.07) is 10.2. The van der Waals surface area contributed by atoms with Crippen molar-refractivity contribution in [1.29, 1.82) is 0 Å². The maximum atomic E-state index is 5.98. The Labute approximate surface area is 102 Å². The minimum Gasteiger partial charge on any atom is -0.324 e. The van der Waals surface area contributed by atoms with Crippen molar-refractivity contribution in [3.8, 4) is 5.69 Å². The van der Waals surface area contributed by atoms with E-state index < -0.39 is 0 Å². The first kappa shape index (κ1) is 11.9. The monoisotopic (exact) mass is 229 g/mol. The number of hydrogen-bond acceptors (Lipinski definition) is 2. The van der Waals surface area contributed by atoms with E-state index in [1.807, 2.05) is 29.9 Å². The maximum Gasteiger partial charge on any atom is 0.0693 e. The summed E-state index contributed by atoms with van der Waals surface area (Å²) in [6.07, 6.45) is 2.00. The minimum absolute atomic E-state index is 0.0119. The molecule has 1 unspecified atom stereocenters. The van der Waals surface area contributed by atoms with Crippen molar-refractivity contribution < 1.29 is 0 Å². The molecular weight excluding hydrogens is 210 g/mol. The molecule has 1 aromatic carbocycles. The Hall–Kier alpha value is -1.61. The number of hydrogen-bond donors (Lipinski definition) is 1. The van der Waals surface area contributed by atoms with E-state index in [1.165, 1.54) is 0 Å². The highest BCUT2D eigenvalue weighted by molar-refractivity contribution is 5.42. The van der Waals surface area contributed by atoms with Crippen LogP contribution in [0.4, 0.5) is 0 Å². The number of benzene rings is 1. The normalized spacial score (nSPS) is 13.0. The lowest BCUT2D eigenvalue weighted by Gasteiger charge is -2.12. The van der Waals surface area contributed by atoms with Gasteiger partial charge in [-0.2, -0.15) is 5.10 Å². The van der Waals surface area contributed by atoms with Gasteiger partial charge in [0.1, 0.15) is 0 Å². The van der Waals surface area contributed by atoms with Crippen molar-refractivity contribution in [3.05, 3.63) is 47.8 Å². The minimum atomic E-state index is 0.0119. The smallest absolute Gasteiger partial charge is 0.0693 e. The molecule has 0 fully saturated rings. The van der Waals surface area contributed by atoms with Gasteiger partial charge in [-0.05, 0) is 30.5 Å². The summed E-state index contributed by atoms with van der Waals surface area (Å²) in [6.45, 7) is 6.28. The van der Waals surface area contributed by atoms with Crippen LogP contribution < -0.4 is 5.73 Å². The van der Waals surface area contributed by atoms with E-state index in [0.717, 1.165) is 16.9 Å². The van der Waals surface area contributed by atoms with Crippen molar-refractivity contribution in [2.45, 2.75) is 32.7 Å². The van der Waals surface area contributed by atoms with Crippen molar-refractivity contribution in [2.75, 3.05) is 0 Å². The van der Waals surface area contributed by atoms with E-state index in [-0.39, 0.29) is 6.04 Å². The molecule has 90 valence electrons. The Morgan fingerprint density at radius 1 is 1.12 bits per heavy atom. The van der Waals surface area contributed by atoms with Crippen LogP contribution in [-0.4, -0.2) is 9.78 Å². The van der Waals surface area contributed by atoms with Gasteiger partial charge in [-0.15, -0.1) is 0 Å². The van der Waals surface area contributed by atoms with E-state index in [2.05, 4.69) is 37.1 Å². The predicted octanol–water partition coefficient (Wildman–Crippen LogP) is 3.02. The molecule has 2 N–H and O–H groups in total. The van der Waals surface area contributed by atoms with Crippen LogP contribution in [0.1, 0.15) is 44.0 Å². The van der Waals surface area contributed by atoms with E-state index in [0.29, 0.717) is 5.92 Å². The van der Waals surface area contributed by atoms with Crippen LogP contribution in [0.3, 0.4) is 0 Å². The average Bonchev–Trinajstić information content (AvgIpc) is 2.78. The fraction of sp³-hybridized carbons (Fsp3) is 0.357. The second kappa shape index (κ2) is 4.72. The van der Waals surface area contributed by atoms with E-state index in [9.17, 15) is 0 Å². The predicted molar refractivity (Wildman–Crippen MR) is 70.3 cm³/mol. The molecule has 2 aromatic rings. The zero-order chi connectivity index (χ0) is 12.4. The van der Waals surface area contributed by atoms with Gasteiger partial charge in [-0.3, -0.25) is 0 Å². The van der Waals surface area contributed by atoms with E-state index in [1.54, 1.807) is 0 Å². The zero-order valence-corrected chi connectivity index (χ0v) is 10.6. The Balaban J connectivity index is 2.45. The Bertz CT molecular complexity index is 498. The molecular formula is C14H19N3. The fourth-order valence-electron chi connectivity index (χ4n) is 1.86. The van der Waals surface area contributed by atoms with Gasteiger partial charge in [0, 0.05) is 12.2 Å². The Morgan fingerprint density at radius 2 is 1.82 bits per heavy atom. The Morgan fingerprint density at radius 3 is 2.41 bits per heavy atom. The molecule has 0 amide bonds. The van der Waals surface area contributed by atoms with Crippen LogP contribution >= 0.6 is 0 Å². The van der Waals surface area contributed by atoms with Gasteiger partial charge in [-0.25, -0.2) is 4.68 Å². The number of para-hydroxylation sites is 1. The highest BCUT2D eigenvalue weighted by Gasteiger charge is 2.10. The fourth-order valence-corrected chi connectivity index (χ4v) is 1.86. The lowest BCUT2D eigenvalue weighted by Crippen LogP contribution is -2.10. The maximum absolute atomic E-state index is 5.98. The number of nitrogens with two attached hydrogens (primary N) is 1. The first-order valence-electron chi connectivity index (χ1n) is 6.00. The SMILES string of the molecule is CC(C)c1ccn(-c2ccccc2C(C)N)n1. The third kappa shape index (κ3) is 2.39. The van der Waals surface area contributed by atoms with Crippen LogP contribution in [-0.2, 0) is 0 Å². The quantitative estimate of drug-likeness (QED) is 0.879. The Kier molecular flexibility index (Phi) is 3.29. The van der Waals surface area contributed by atoms with Crippen molar-refractivity contribution >= 4 is 0 Å². The molecule has 0 saturated heterocycles. The van der Waals surface area contributed by atoms with Gasteiger partial charge >= 0.3 is 0 Å². The molecule has 1 aromatic heterocycles. The second-order valence-corrected chi connectivity index (χ2v) is 4.69. The molecule has 1 heterocycles. The number of nitrogens with zero attached hydrogens (tertiary/aromatic N) is 2. The first-order chi connectivity index (χ1) is 8.09. The number of aromatic nitrogens is 2. The van der Waals surface area contributed by atoms with Crippen molar-refractivity contribution in [3.63, 3.8) is 0 Å². The summed E-state index contributed by atoms with van der Waals surface area (Å²) in [5.74, 6) is 0.443. The van der Waals surface area contributed by atoms with E-state index in [4.69, 9.17) is 5.73 Å². The molecule has 0 aliphatic carbocycles. The summed E-state index contributed by atoms with van der Waals surface area (Å²) in [7, 11) is 0. The van der Waals surface area contributed by atoms with Gasteiger partial charge in [0.05, 0.1) is 11.4 Å². The third-order valence-corrected chi connectivity index (χ3v) is 2.88. The molecule has 3 heteroatoms. The summed E-state index contributed by atoms with van der Waals surface area (Å²) >= 11 is 0. The topological polar surface area (TPSA) is 43.8 Å². The molecule has 0 radical (unpaired) electrons. The molecule has 0 saturated carbocycles. The van der Waals surface area contributed by atoms with Crippen LogP contribution in [0, 0.1) is 0 Å². The van der Waals surface area contributed by atoms with Crippen molar-refractivity contribution in [2.24, 2.45) is 5.73 Å². The lowest BCUT2D eigenvalue weighted by molar-refractivity contribution is 0.746. The van der Waals surface area contributed by atoms with E-state index >= 15 is 0 Å². The van der Waals surface area contributed by atoms with Gasteiger partial charge in [0.15, 0.2) is 0 Å². The third-order valence-electron chi connectivity index (χ3n) is 2.88. The first-order valence-corrected chi connectivity index (χ1v) is 6.00. The molecule has 0 aliphatic heterocycles. The van der Waals surface area contributed by atoms with Gasteiger partial charge in [0.25, 0.3) is 0 Å². The van der Waals surface area contributed by atoms with Crippen molar-refractivity contribution in [1.82, 2.24) is 9.78 Å². The molecule has 17 heavy (non-hydrogen) atoms. The number of rotatable bonds is 3. The van der Waals surface area contributed by atoms with Gasteiger partial charge < -0.3 is 5.73 Å². The highest BCUT2D eigenvalue weighted by atomic mass is 15.3. The molecule has 3 nitrogen and oxygen atoms in total. The standard InChI is InChI=1S/C14H19N3/c1-10(2)13-8-9-17(16-13)14-7-5-4-6-12(14)11(3)15/h4-11H,15H2,1-3H3. The largest absolute Gasteiger partial charge is 0.324 e. The zero-order valence-electron chi connectivity index (χ0n) is 10.6. The molecule has 0 bridgehead atoms. The molecule has 2 rings (SSSR count). The summed E-state index contributed by atoms with van der Waals surface area (Å²) in [5.41, 5.74) is 9.26. The van der Waals surface area contributed by atoms with Crippen LogP contribution in [0.15, 0.2) is 36.5 Å². The summed E-state index contributed by atoms with van der Waals surface area (Å²) in [5, 5.41) is 4.58.